The molecule has 21 heavy (non-hydrogen) atoms. The van der Waals surface area contributed by atoms with Crippen LogP contribution < -0.4 is 4.72 Å². The maximum Gasteiger partial charge on any atom is 0.304 e. The van der Waals surface area contributed by atoms with Gasteiger partial charge in [0.15, 0.2) is 0 Å². The van der Waals surface area contributed by atoms with E-state index >= 15 is 0 Å². The predicted octanol–water partition coefficient (Wildman–Crippen LogP) is -0.415. The Labute approximate surface area is 125 Å². The van der Waals surface area contributed by atoms with Crippen LogP contribution in [0.4, 0.5) is 0 Å². The van der Waals surface area contributed by atoms with Crippen molar-refractivity contribution in [3.63, 3.8) is 0 Å². The molecule has 0 bridgehead atoms. The molecule has 0 aromatic rings. The average Bonchev–Trinajstić information content (AvgIpc) is 2.37. The summed E-state index contributed by atoms with van der Waals surface area (Å²) in [6.07, 6.45) is 0.896. The van der Waals surface area contributed by atoms with E-state index in [1.165, 1.54) is 4.31 Å². The number of nitrogens with zero attached hydrogens (tertiary/aromatic N) is 1. The Kier molecular flexibility index (Phi) is 6.57. The number of sulfonamides is 2. The maximum absolute atomic E-state index is 11.9. The Morgan fingerprint density at radius 2 is 1.76 bits per heavy atom. The average molecular weight is 342 g/mol. The van der Waals surface area contributed by atoms with E-state index in [1.54, 1.807) is 6.92 Å². The van der Waals surface area contributed by atoms with Gasteiger partial charge in [-0.3, -0.25) is 4.79 Å². The quantitative estimate of drug-likeness (QED) is 0.618. The Balaban J connectivity index is 2.48. The van der Waals surface area contributed by atoms with Crippen LogP contribution in [0, 0.1) is 0 Å². The van der Waals surface area contributed by atoms with Crippen LogP contribution in [0.1, 0.15) is 32.6 Å². The number of carboxylic acids is 1. The van der Waals surface area contributed by atoms with Crippen molar-refractivity contribution in [1.29, 1.82) is 0 Å². The van der Waals surface area contributed by atoms with Gasteiger partial charge in [-0.15, -0.1) is 0 Å². The largest absolute Gasteiger partial charge is 0.481 e. The minimum atomic E-state index is -3.64. The van der Waals surface area contributed by atoms with E-state index in [0.717, 1.165) is 0 Å². The Morgan fingerprint density at radius 1 is 1.19 bits per heavy atom. The monoisotopic (exact) mass is 342 g/mol. The third-order valence-corrected chi connectivity index (χ3v) is 6.75. The molecular weight excluding hydrogens is 320 g/mol. The molecule has 2 N–H and O–H groups in total. The summed E-state index contributed by atoms with van der Waals surface area (Å²) < 4.78 is 50.9. The molecule has 0 spiro atoms. The molecule has 0 saturated carbocycles. The highest BCUT2D eigenvalue weighted by molar-refractivity contribution is 7.89. The van der Waals surface area contributed by atoms with E-state index < -0.39 is 38.2 Å². The number of carboxylic acid groups (broad SMARTS) is 1. The number of carbonyl (C=O) groups is 1. The van der Waals surface area contributed by atoms with E-state index in [2.05, 4.69) is 4.72 Å². The van der Waals surface area contributed by atoms with Crippen molar-refractivity contribution < 1.29 is 26.7 Å². The maximum atomic E-state index is 11.9. The van der Waals surface area contributed by atoms with Crippen molar-refractivity contribution in [2.75, 3.05) is 24.6 Å². The summed E-state index contributed by atoms with van der Waals surface area (Å²) in [5.74, 6) is -1.53. The molecule has 1 saturated heterocycles. The molecule has 0 radical (unpaired) electrons. The second kappa shape index (κ2) is 7.52. The summed E-state index contributed by atoms with van der Waals surface area (Å²) in [5, 5.41) is 8.49. The Bertz CT molecular complexity index is 549. The van der Waals surface area contributed by atoms with Crippen LogP contribution in [0.2, 0.25) is 0 Å². The summed E-state index contributed by atoms with van der Waals surface area (Å²) in [7, 11) is -6.88. The molecule has 8 nitrogen and oxygen atoms in total. The van der Waals surface area contributed by atoms with Gasteiger partial charge in [-0.2, -0.15) is 0 Å². The van der Waals surface area contributed by atoms with Crippen LogP contribution in [0.3, 0.4) is 0 Å². The first kappa shape index (κ1) is 18.3. The summed E-state index contributed by atoms with van der Waals surface area (Å²) in [6.45, 7) is 2.36. The van der Waals surface area contributed by atoms with Crippen LogP contribution in [0.5, 0.6) is 0 Å². The first-order valence-corrected chi connectivity index (χ1v) is 10.1. The molecule has 0 aromatic carbocycles. The molecule has 0 amide bonds. The first-order valence-electron chi connectivity index (χ1n) is 6.86. The number of nitrogens with one attached hydrogen (secondary N) is 1. The lowest BCUT2D eigenvalue weighted by Crippen LogP contribution is -2.47. The summed E-state index contributed by atoms with van der Waals surface area (Å²) in [6, 6.07) is -0.336. The highest BCUT2D eigenvalue weighted by Crippen LogP contribution is 2.15. The molecule has 1 fully saturated rings. The standard InChI is InChI=1S/C11H22N2O6S2/c1-2-8-21(18,19)13-6-3-10(4-7-13)12-20(16,17)9-5-11(14)15/h10,12H,2-9H2,1H3,(H,14,15). The summed E-state index contributed by atoms with van der Waals surface area (Å²) in [5.41, 5.74) is 0. The van der Waals surface area contributed by atoms with Gasteiger partial charge < -0.3 is 5.11 Å². The van der Waals surface area contributed by atoms with Gasteiger partial charge >= 0.3 is 5.97 Å². The smallest absolute Gasteiger partial charge is 0.304 e. The fourth-order valence-electron chi connectivity index (χ4n) is 2.17. The topological polar surface area (TPSA) is 121 Å². The molecule has 0 aromatic heterocycles. The SMILES string of the molecule is CCCS(=O)(=O)N1CCC(NS(=O)(=O)CCC(=O)O)CC1. The third-order valence-electron chi connectivity index (χ3n) is 3.24. The molecule has 1 aliphatic heterocycles. The van der Waals surface area contributed by atoms with Gasteiger partial charge in [0.2, 0.25) is 20.0 Å². The first-order chi connectivity index (χ1) is 9.66. The molecule has 124 valence electrons. The van der Waals surface area contributed by atoms with Gasteiger partial charge in [-0.1, -0.05) is 6.92 Å². The van der Waals surface area contributed by atoms with Gasteiger partial charge in [-0.05, 0) is 19.3 Å². The van der Waals surface area contributed by atoms with Gasteiger partial charge in [0.1, 0.15) is 0 Å². The zero-order chi connectivity index (χ0) is 16.1. The second-order valence-electron chi connectivity index (χ2n) is 5.07. The zero-order valence-electron chi connectivity index (χ0n) is 12.0. The van der Waals surface area contributed by atoms with Crippen molar-refractivity contribution in [3.05, 3.63) is 0 Å². The van der Waals surface area contributed by atoms with Gasteiger partial charge in [0.25, 0.3) is 0 Å². The van der Waals surface area contributed by atoms with Gasteiger partial charge in [-0.25, -0.2) is 25.9 Å². The molecule has 1 heterocycles. The lowest BCUT2D eigenvalue weighted by Gasteiger charge is -2.31. The van der Waals surface area contributed by atoms with Crippen LogP contribution >= 0.6 is 0 Å². The number of piperidine rings is 1. The van der Waals surface area contributed by atoms with Crippen molar-refractivity contribution in [2.45, 2.75) is 38.6 Å². The van der Waals surface area contributed by atoms with Crippen molar-refractivity contribution in [3.8, 4) is 0 Å². The fraction of sp³-hybridized carbons (Fsp3) is 0.909. The zero-order valence-corrected chi connectivity index (χ0v) is 13.6. The van der Waals surface area contributed by atoms with Crippen LogP contribution in [0.15, 0.2) is 0 Å². The van der Waals surface area contributed by atoms with Crippen molar-refractivity contribution >= 4 is 26.0 Å². The normalized spacial score (nSPS) is 18.7. The van der Waals surface area contributed by atoms with Gasteiger partial charge in [0.05, 0.1) is 17.9 Å². The van der Waals surface area contributed by atoms with E-state index in [1.807, 2.05) is 0 Å². The molecule has 1 rings (SSSR count). The van der Waals surface area contributed by atoms with E-state index in [0.29, 0.717) is 19.3 Å². The number of aliphatic carboxylic acids is 1. The van der Waals surface area contributed by atoms with Crippen molar-refractivity contribution in [1.82, 2.24) is 9.03 Å². The molecule has 1 aliphatic rings. The van der Waals surface area contributed by atoms with Crippen LogP contribution in [-0.2, 0) is 24.8 Å². The molecular formula is C11H22N2O6S2. The molecule has 10 heteroatoms. The number of hydrogen-bond acceptors (Lipinski definition) is 5. The van der Waals surface area contributed by atoms with Crippen molar-refractivity contribution in [2.24, 2.45) is 0 Å². The molecule has 0 aliphatic carbocycles. The van der Waals surface area contributed by atoms with E-state index in [-0.39, 0.29) is 24.9 Å². The highest BCUT2D eigenvalue weighted by Gasteiger charge is 2.29. The summed E-state index contributed by atoms with van der Waals surface area (Å²) in [4.78, 5) is 10.4. The summed E-state index contributed by atoms with van der Waals surface area (Å²) >= 11 is 0. The third kappa shape index (κ3) is 6.29. The van der Waals surface area contributed by atoms with E-state index in [4.69, 9.17) is 5.11 Å². The lowest BCUT2D eigenvalue weighted by atomic mass is 10.1. The second-order valence-corrected chi connectivity index (χ2v) is 9.03. The fourth-order valence-corrected chi connectivity index (χ4v) is 5.02. The number of rotatable bonds is 8. The minimum Gasteiger partial charge on any atom is -0.481 e. The highest BCUT2D eigenvalue weighted by atomic mass is 32.2. The minimum absolute atomic E-state index is 0.0992. The lowest BCUT2D eigenvalue weighted by molar-refractivity contribution is -0.136. The Morgan fingerprint density at radius 3 is 2.24 bits per heavy atom. The van der Waals surface area contributed by atoms with E-state index in [9.17, 15) is 21.6 Å². The van der Waals surface area contributed by atoms with Crippen LogP contribution in [-0.4, -0.2) is 62.9 Å². The molecule has 0 atom stereocenters. The number of hydrogen-bond donors (Lipinski definition) is 2. The predicted molar refractivity (Wildman–Crippen MR) is 77.8 cm³/mol. The molecule has 0 unspecified atom stereocenters. The van der Waals surface area contributed by atoms with Crippen LogP contribution in [0.25, 0.3) is 0 Å². The van der Waals surface area contributed by atoms with Gasteiger partial charge in [0, 0.05) is 19.1 Å². The Hall–Kier alpha value is -0.710.